The molecule has 32 heavy (non-hydrogen) atoms. The Labute approximate surface area is 193 Å². The molecular formula is C21H31N5O4S2. The van der Waals surface area contributed by atoms with E-state index in [-0.39, 0.29) is 11.4 Å². The van der Waals surface area contributed by atoms with E-state index < -0.39 is 22.0 Å². The van der Waals surface area contributed by atoms with Crippen LogP contribution in [0.3, 0.4) is 0 Å². The first kappa shape index (κ1) is 25.6. The maximum absolute atomic E-state index is 12.8. The summed E-state index contributed by atoms with van der Waals surface area (Å²) in [6, 6.07) is 8.06. The molecule has 2 rings (SSSR count). The summed E-state index contributed by atoms with van der Waals surface area (Å²) in [4.78, 5) is 25.4. The van der Waals surface area contributed by atoms with Gasteiger partial charge in [0.2, 0.25) is 15.9 Å². The van der Waals surface area contributed by atoms with Crippen LogP contribution in [-0.2, 0) is 21.2 Å². The van der Waals surface area contributed by atoms with Crippen LogP contribution in [0.4, 0.5) is 16.2 Å². The highest BCUT2D eigenvalue weighted by atomic mass is 32.2. The van der Waals surface area contributed by atoms with Gasteiger partial charge in [-0.1, -0.05) is 19.9 Å². The fourth-order valence-electron chi connectivity index (χ4n) is 3.03. The molecule has 4 N–H and O–H groups in total. The monoisotopic (exact) mass is 481 g/mol. The number of hydrogen-bond donors (Lipinski definition) is 4. The lowest BCUT2D eigenvalue weighted by Gasteiger charge is -2.20. The Balaban J connectivity index is 1.98. The number of carbonyl (C=O) groups is 2. The minimum absolute atomic E-state index is 0.136. The first-order chi connectivity index (χ1) is 15.3. The number of sulfonamides is 1. The summed E-state index contributed by atoms with van der Waals surface area (Å²) in [5, 5.41) is 13.0. The van der Waals surface area contributed by atoms with Crippen LogP contribution in [0.5, 0.6) is 0 Å². The zero-order chi connectivity index (χ0) is 23.6. The van der Waals surface area contributed by atoms with E-state index in [1.54, 1.807) is 31.3 Å². The normalized spacial score (nSPS) is 11.2. The minimum Gasteiger partial charge on any atom is -0.384 e. The number of anilines is 2. The first-order valence-electron chi connectivity index (χ1n) is 10.5. The molecule has 2 aromatic rings. The second-order valence-electron chi connectivity index (χ2n) is 6.81. The summed E-state index contributed by atoms with van der Waals surface area (Å²) in [6.45, 7) is 7.05. The number of rotatable bonds is 12. The van der Waals surface area contributed by atoms with Gasteiger partial charge in [0.05, 0.1) is 22.8 Å². The number of hydrogen-bond acceptors (Lipinski definition) is 7. The molecule has 0 bridgehead atoms. The van der Waals surface area contributed by atoms with Crippen molar-refractivity contribution in [1.29, 1.82) is 0 Å². The average molecular weight is 482 g/mol. The predicted octanol–water partition coefficient (Wildman–Crippen LogP) is 2.69. The molecule has 11 heteroatoms. The lowest BCUT2D eigenvalue weighted by molar-refractivity contribution is -0.118. The highest BCUT2D eigenvalue weighted by molar-refractivity contribution is 7.89. The molecule has 176 valence electrons. The fraction of sp³-hybridized carbons (Fsp3) is 0.429. The van der Waals surface area contributed by atoms with Gasteiger partial charge in [0.1, 0.15) is 0 Å². The Morgan fingerprint density at radius 2 is 1.78 bits per heavy atom. The van der Waals surface area contributed by atoms with Crippen molar-refractivity contribution in [1.82, 2.24) is 14.9 Å². The van der Waals surface area contributed by atoms with E-state index in [0.717, 1.165) is 4.88 Å². The number of urea groups is 1. The van der Waals surface area contributed by atoms with Crippen molar-refractivity contribution in [2.75, 3.05) is 43.4 Å². The molecule has 9 nitrogen and oxygen atoms in total. The zero-order valence-corrected chi connectivity index (χ0v) is 20.2. The van der Waals surface area contributed by atoms with Crippen LogP contribution in [0.25, 0.3) is 0 Å². The van der Waals surface area contributed by atoms with Gasteiger partial charge in [-0.25, -0.2) is 13.2 Å². The van der Waals surface area contributed by atoms with Crippen LogP contribution in [-0.4, -0.2) is 57.4 Å². The van der Waals surface area contributed by atoms with Gasteiger partial charge in [-0.05, 0) is 43.0 Å². The van der Waals surface area contributed by atoms with Gasteiger partial charge in [0, 0.05) is 31.1 Å². The van der Waals surface area contributed by atoms with Crippen molar-refractivity contribution in [2.24, 2.45) is 0 Å². The number of carbonyl (C=O) groups excluding carboxylic acids is 2. The molecular weight excluding hydrogens is 450 g/mol. The maximum atomic E-state index is 12.8. The van der Waals surface area contributed by atoms with Crippen LogP contribution in [0.15, 0.2) is 40.6 Å². The minimum atomic E-state index is -3.64. The van der Waals surface area contributed by atoms with Gasteiger partial charge >= 0.3 is 6.03 Å². The summed E-state index contributed by atoms with van der Waals surface area (Å²) >= 11 is 1.61. The number of thiophene rings is 1. The van der Waals surface area contributed by atoms with Crippen LogP contribution >= 0.6 is 11.3 Å². The predicted molar refractivity (Wildman–Crippen MR) is 129 cm³/mol. The van der Waals surface area contributed by atoms with E-state index in [1.165, 1.54) is 16.4 Å². The van der Waals surface area contributed by atoms with Crippen molar-refractivity contribution < 1.29 is 18.0 Å². The SMILES string of the molecule is CCNc1ccc(S(=O)(=O)N(CC)CC)cc1NCC(=O)NC(=O)NCCc1cccs1. The second kappa shape index (κ2) is 12.4. The van der Waals surface area contributed by atoms with E-state index in [0.29, 0.717) is 44.0 Å². The molecule has 0 saturated carbocycles. The standard InChI is InChI=1S/C21H31N5O4S2/c1-4-22-18-10-9-17(32(29,30)26(5-2)6-3)14-19(18)24-15-20(27)25-21(28)23-12-11-16-8-7-13-31-16/h7-10,13-14,22,24H,4-6,11-12,15H2,1-3H3,(H2,23,25,27,28). The molecule has 1 heterocycles. The highest BCUT2D eigenvalue weighted by Crippen LogP contribution is 2.27. The molecule has 1 aromatic carbocycles. The third-order valence-electron chi connectivity index (χ3n) is 4.63. The molecule has 0 aliphatic rings. The molecule has 3 amide bonds. The Bertz CT molecular complexity index is 990. The van der Waals surface area contributed by atoms with Crippen LogP contribution in [0.1, 0.15) is 25.6 Å². The van der Waals surface area contributed by atoms with Crippen molar-refractivity contribution in [3.63, 3.8) is 0 Å². The lowest BCUT2D eigenvalue weighted by Crippen LogP contribution is -2.42. The van der Waals surface area contributed by atoms with Crippen LogP contribution < -0.4 is 21.3 Å². The fourth-order valence-corrected chi connectivity index (χ4v) is 5.23. The highest BCUT2D eigenvalue weighted by Gasteiger charge is 2.22. The quantitative estimate of drug-likeness (QED) is 0.370. The molecule has 0 radical (unpaired) electrons. The van der Waals surface area contributed by atoms with Gasteiger partial charge < -0.3 is 16.0 Å². The van der Waals surface area contributed by atoms with E-state index in [2.05, 4.69) is 21.3 Å². The molecule has 0 spiro atoms. The number of amides is 3. The molecule has 0 aliphatic heterocycles. The van der Waals surface area contributed by atoms with Crippen molar-refractivity contribution >= 4 is 44.7 Å². The van der Waals surface area contributed by atoms with Crippen molar-refractivity contribution in [3.8, 4) is 0 Å². The number of imide groups is 1. The average Bonchev–Trinajstić information content (AvgIpc) is 3.27. The van der Waals surface area contributed by atoms with E-state index in [1.807, 2.05) is 24.4 Å². The van der Waals surface area contributed by atoms with Crippen molar-refractivity contribution in [3.05, 3.63) is 40.6 Å². The lowest BCUT2D eigenvalue weighted by atomic mass is 10.2. The van der Waals surface area contributed by atoms with E-state index >= 15 is 0 Å². The number of benzene rings is 1. The Kier molecular flexibility index (Phi) is 9.95. The summed E-state index contributed by atoms with van der Waals surface area (Å²) in [6.07, 6.45) is 0.692. The second-order valence-corrected chi connectivity index (χ2v) is 9.78. The van der Waals surface area contributed by atoms with Gasteiger partial charge in [-0.2, -0.15) is 4.31 Å². The van der Waals surface area contributed by atoms with E-state index in [9.17, 15) is 18.0 Å². The molecule has 0 aliphatic carbocycles. The van der Waals surface area contributed by atoms with Crippen LogP contribution in [0.2, 0.25) is 0 Å². The first-order valence-corrected chi connectivity index (χ1v) is 12.9. The van der Waals surface area contributed by atoms with Gasteiger partial charge in [0.25, 0.3) is 0 Å². The van der Waals surface area contributed by atoms with Crippen LogP contribution in [0, 0.1) is 0 Å². The number of nitrogens with zero attached hydrogens (tertiary/aromatic N) is 1. The Hall–Kier alpha value is -2.63. The van der Waals surface area contributed by atoms with Gasteiger partial charge in [-0.3, -0.25) is 10.1 Å². The topological polar surface area (TPSA) is 120 Å². The maximum Gasteiger partial charge on any atom is 0.321 e. The smallest absolute Gasteiger partial charge is 0.321 e. The van der Waals surface area contributed by atoms with Gasteiger partial charge in [0.15, 0.2) is 0 Å². The molecule has 0 atom stereocenters. The molecule has 0 saturated heterocycles. The van der Waals surface area contributed by atoms with Gasteiger partial charge in [-0.15, -0.1) is 11.3 Å². The molecule has 0 unspecified atom stereocenters. The van der Waals surface area contributed by atoms with Crippen molar-refractivity contribution in [2.45, 2.75) is 32.1 Å². The largest absolute Gasteiger partial charge is 0.384 e. The Morgan fingerprint density at radius 1 is 1.03 bits per heavy atom. The third-order valence-corrected chi connectivity index (χ3v) is 7.61. The summed E-state index contributed by atoms with van der Waals surface area (Å²) in [5.74, 6) is -0.530. The summed E-state index contributed by atoms with van der Waals surface area (Å²) in [7, 11) is -3.64. The third kappa shape index (κ3) is 7.21. The Morgan fingerprint density at radius 3 is 2.41 bits per heavy atom. The number of nitrogens with one attached hydrogen (secondary N) is 4. The molecule has 0 fully saturated rings. The zero-order valence-electron chi connectivity index (χ0n) is 18.6. The molecule has 1 aromatic heterocycles. The summed E-state index contributed by atoms with van der Waals surface area (Å²) in [5.41, 5.74) is 1.13. The summed E-state index contributed by atoms with van der Waals surface area (Å²) < 4.78 is 27.0. The van der Waals surface area contributed by atoms with E-state index in [4.69, 9.17) is 0 Å².